The number of hydrogen-bond donors (Lipinski definition) is 1. The zero-order valence-electron chi connectivity index (χ0n) is 14.2. The van der Waals surface area contributed by atoms with Crippen molar-refractivity contribution in [3.8, 4) is 0 Å². The molecule has 0 radical (unpaired) electrons. The maximum Gasteiger partial charge on any atom is 0.419 e. The Morgan fingerprint density at radius 2 is 1.84 bits per heavy atom. The molecular weight excluding hydrogens is 340 g/mol. The average Bonchev–Trinajstić information content (AvgIpc) is 2.88. The second kappa shape index (κ2) is 6.76. The summed E-state index contributed by atoms with van der Waals surface area (Å²) in [6.45, 7) is 2.13. The van der Waals surface area contributed by atoms with Gasteiger partial charge < -0.3 is 4.42 Å². The van der Waals surface area contributed by atoms with Crippen LogP contribution >= 0.6 is 0 Å². The van der Waals surface area contributed by atoms with Gasteiger partial charge in [-0.15, -0.1) is 0 Å². The van der Waals surface area contributed by atoms with Crippen LogP contribution in [0.25, 0.3) is 11.1 Å². The van der Waals surface area contributed by atoms with E-state index in [9.17, 15) is 13.2 Å². The van der Waals surface area contributed by atoms with Crippen LogP contribution in [-0.4, -0.2) is 13.0 Å². The molecule has 132 valence electrons. The Morgan fingerprint density at radius 1 is 1.12 bits per heavy atom. The zero-order valence-corrected chi connectivity index (χ0v) is 15.0. The lowest BCUT2D eigenvalue weighted by atomic mass is 10.1. The molecule has 1 N–H and O–H groups in total. The Kier molecular flexibility index (Phi) is 4.67. The third kappa shape index (κ3) is 3.61. The van der Waals surface area contributed by atoms with Crippen molar-refractivity contribution >= 4 is 26.8 Å². The molecule has 0 fully saturated rings. The van der Waals surface area contributed by atoms with Gasteiger partial charge in [-0.3, -0.25) is 9.29 Å². The fourth-order valence-corrected chi connectivity index (χ4v) is 3.69. The van der Waals surface area contributed by atoms with Crippen molar-refractivity contribution in [2.45, 2.75) is 31.1 Å². The molecule has 0 amide bonds. The molecule has 0 unspecified atom stereocenters. The van der Waals surface area contributed by atoms with Crippen LogP contribution in [0, 0.1) is 0 Å². The topological polar surface area (TPSA) is 81.3 Å². The summed E-state index contributed by atoms with van der Waals surface area (Å²) in [6, 6.07) is 11.7. The van der Waals surface area contributed by atoms with Crippen LogP contribution in [0.5, 0.6) is 0 Å². The third-order valence-electron chi connectivity index (χ3n) is 4.10. The van der Waals surface area contributed by atoms with E-state index in [2.05, 4.69) is 11.6 Å². The molecule has 3 aromatic rings. The van der Waals surface area contributed by atoms with Crippen LogP contribution in [0.15, 0.2) is 56.6 Å². The quantitative estimate of drug-likeness (QED) is 0.731. The third-order valence-corrected chi connectivity index (χ3v) is 5.48. The van der Waals surface area contributed by atoms with E-state index in [1.54, 1.807) is 25.2 Å². The van der Waals surface area contributed by atoms with Crippen molar-refractivity contribution < 1.29 is 12.8 Å². The largest absolute Gasteiger partial charge is 0.419 e. The first kappa shape index (κ1) is 17.3. The standard InChI is InChI=1S/C18H20N2O4S/c1-3-4-5-13-6-8-14(9-7-13)19-25(22,23)15-10-11-16-17(12-15)24-18(21)20(16)2/h6-12,19H,3-5H2,1-2H3. The lowest BCUT2D eigenvalue weighted by Crippen LogP contribution is -2.13. The molecule has 1 heterocycles. The molecule has 0 aliphatic rings. The van der Waals surface area contributed by atoms with Gasteiger partial charge in [-0.2, -0.15) is 0 Å². The molecular formula is C18H20N2O4S. The fourth-order valence-electron chi connectivity index (χ4n) is 2.62. The summed E-state index contributed by atoms with van der Waals surface area (Å²) in [5, 5.41) is 0. The van der Waals surface area contributed by atoms with Crippen LogP contribution in [0.1, 0.15) is 25.3 Å². The van der Waals surface area contributed by atoms with Gasteiger partial charge in [0, 0.05) is 18.8 Å². The average molecular weight is 360 g/mol. The summed E-state index contributed by atoms with van der Waals surface area (Å²) in [5.74, 6) is -0.528. The number of nitrogens with one attached hydrogen (secondary N) is 1. The van der Waals surface area contributed by atoms with Gasteiger partial charge in [0.1, 0.15) is 0 Å². The number of unbranched alkanes of at least 4 members (excludes halogenated alkanes) is 1. The highest BCUT2D eigenvalue weighted by atomic mass is 32.2. The molecule has 25 heavy (non-hydrogen) atoms. The molecule has 3 rings (SSSR count). The first-order valence-electron chi connectivity index (χ1n) is 8.12. The second-order valence-electron chi connectivity index (χ2n) is 5.96. The molecule has 2 aromatic carbocycles. The Bertz CT molecular complexity index is 1050. The van der Waals surface area contributed by atoms with E-state index in [4.69, 9.17) is 4.42 Å². The minimum absolute atomic E-state index is 0.0457. The van der Waals surface area contributed by atoms with Crippen LogP contribution in [0.3, 0.4) is 0 Å². The van der Waals surface area contributed by atoms with E-state index in [0.29, 0.717) is 11.2 Å². The van der Waals surface area contributed by atoms with E-state index in [1.165, 1.54) is 22.3 Å². The Balaban J connectivity index is 1.85. The van der Waals surface area contributed by atoms with Gasteiger partial charge in [0.05, 0.1) is 10.4 Å². The maximum absolute atomic E-state index is 12.6. The van der Waals surface area contributed by atoms with Crippen molar-refractivity contribution in [2.75, 3.05) is 4.72 Å². The first-order chi connectivity index (χ1) is 11.9. The molecule has 0 saturated heterocycles. The minimum atomic E-state index is -3.76. The van der Waals surface area contributed by atoms with Gasteiger partial charge in [0.15, 0.2) is 5.58 Å². The lowest BCUT2D eigenvalue weighted by molar-refractivity contribution is 0.527. The minimum Gasteiger partial charge on any atom is -0.408 e. The highest BCUT2D eigenvalue weighted by molar-refractivity contribution is 7.92. The summed E-state index contributed by atoms with van der Waals surface area (Å²) in [4.78, 5) is 11.6. The summed E-state index contributed by atoms with van der Waals surface area (Å²) < 4.78 is 34.0. The van der Waals surface area contributed by atoms with Gasteiger partial charge in [-0.05, 0) is 42.7 Å². The number of aromatic nitrogens is 1. The number of sulfonamides is 1. The maximum atomic E-state index is 12.6. The van der Waals surface area contributed by atoms with Crippen molar-refractivity contribution in [1.82, 2.24) is 4.57 Å². The smallest absolute Gasteiger partial charge is 0.408 e. The van der Waals surface area contributed by atoms with Crippen molar-refractivity contribution in [2.24, 2.45) is 7.05 Å². The monoisotopic (exact) mass is 360 g/mol. The van der Waals surface area contributed by atoms with Crippen LogP contribution in [-0.2, 0) is 23.5 Å². The summed E-state index contributed by atoms with van der Waals surface area (Å²) in [5.41, 5.74) is 2.46. The van der Waals surface area contributed by atoms with Gasteiger partial charge in [0.25, 0.3) is 10.0 Å². The molecule has 0 aliphatic carbocycles. The number of fused-ring (bicyclic) bond motifs is 1. The SMILES string of the molecule is CCCCc1ccc(NS(=O)(=O)c2ccc3c(c2)oc(=O)n3C)cc1. The molecule has 1 aromatic heterocycles. The molecule has 6 nitrogen and oxygen atoms in total. The van der Waals surface area contributed by atoms with Crippen molar-refractivity contribution in [3.63, 3.8) is 0 Å². The molecule has 0 bridgehead atoms. The number of rotatable bonds is 6. The molecule has 7 heteroatoms. The predicted molar refractivity (Wildman–Crippen MR) is 97.3 cm³/mol. The Labute approximate surface area is 146 Å². The van der Waals surface area contributed by atoms with E-state index < -0.39 is 15.8 Å². The number of nitrogens with zero attached hydrogens (tertiary/aromatic N) is 1. The van der Waals surface area contributed by atoms with E-state index in [-0.39, 0.29) is 10.5 Å². The lowest BCUT2D eigenvalue weighted by Gasteiger charge is -2.09. The fraction of sp³-hybridized carbons (Fsp3) is 0.278. The van der Waals surface area contributed by atoms with Gasteiger partial charge >= 0.3 is 5.76 Å². The highest BCUT2D eigenvalue weighted by Crippen LogP contribution is 2.21. The van der Waals surface area contributed by atoms with E-state index in [0.717, 1.165) is 19.3 Å². The van der Waals surface area contributed by atoms with Crippen molar-refractivity contribution in [3.05, 3.63) is 58.6 Å². The van der Waals surface area contributed by atoms with E-state index >= 15 is 0 Å². The number of hydrogen-bond acceptors (Lipinski definition) is 4. The first-order valence-corrected chi connectivity index (χ1v) is 9.60. The van der Waals surface area contributed by atoms with Crippen LogP contribution in [0.4, 0.5) is 5.69 Å². The molecule has 0 saturated carbocycles. The number of anilines is 1. The van der Waals surface area contributed by atoms with Crippen LogP contribution < -0.4 is 10.5 Å². The van der Waals surface area contributed by atoms with Crippen LogP contribution in [0.2, 0.25) is 0 Å². The number of benzene rings is 2. The molecule has 0 aliphatic heterocycles. The zero-order chi connectivity index (χ0) is 18.0. The Hall–Kier alpha value is -2.54. The second-order valence-corrected chi connectivity index (χ2v) is 7.64. The predicted octanol–water partition coefficient (Wildman–Crippen LogP) is 3.27. The molecule has 0 atom stereocenters. The van der Waals surface area contributed by atoms with Gasteiger partial charge in [-0.1, -0.05) is 25.5 Å². The number of aryl methyl sites for hydroxylation is 2. The summed E-state index contributed by atoms with van der Waals surface area (Å²) in [6.07, 6.45) is 3.20. The summed E-state index contributed by atoms with van der Waals surface area (Å²) >= 11 is 0. The highest BCUT2D eigenvalue weighted by Gasteiger charge is 2.17. The van der Waals surface area contributed by atoms with Gasteiger partial charge in [0.2, 0.25) is 0 Å². The van der Waals surface area contributed by atoms with Gasteiger partial charge in [-0.25, -0.2) is 13.2 Å². The number of oxazole rings is 1. The Morgan fingerprint density at radius 3 is 2.52 bits per heavy atom. The molecule has 0 spiro atoms. The summed E-state index contributed by atoms with van der Waals surface area (Å²) in [7, 11) is -2.19. The van der Waals surface area contributed by atoms with Crippen molar-refractivity contribution in [1.29, 1.82) is 0 Å². The normalized spacial score (nSPS) is 11.8. The van der Waals surface area contributed by atoms with E-state index in [1.807, 2.05) is 12.1 Å².